The van der Waals surface area contributed by atoms with Gasteiger partial charge in [-0.15, -0.1) is 0 Å². The second-order valence-corrected chi connectivity index (χ2v) is 7.58. The number of aromatic nitrogens is 1. The van der Waals surface area contributed by atoms with Crippen LogP contribution in [0.3, 0.4) is 0 Å². The Kier molecular flexibility index (Phi) is 6.65. The van der Waals surface area contributed by atoms with Crippen LogP contribution in [0, 0.1) is 6.92 Å². The van der Waals surface area contributed by atoms with Crippen molar-refractivity contribution in [1.29, 1.82) is 0 Å². The quantitative estimate of drug-likeness (QED) is 0.548. The summed E-state index contributed by atoms with van der Waals surface area (Å²) in [6.45, 7) is 8.96. The number of carbonyl (C=O) groups excluding carboxylic acids is 1. The highest BCUT2D eigenvalue weighted by atomic mass is 35.5. The molecule has 0 fully saturated rings. The Labute approximate surface area is 177 Å². The molecule has 2 N–H and O–H groups in total. The smallest absolute Gasteiger partial charge is 0.250 e. The zero-order valence-electron chi connectivity index (χ0n) is 17.3. The molecule has 5 heteroatoms. The largest absolute Gasteiger partial charge is 0.372 e. The molecule has 1 aromatic heterocycles. The minimum Gasteiger partial charge on any atom is -0.372 e. The number of aryl methyl sites for hydroxylation is 1. The van der Waals surface area contributed by atoms with Gasteiger partial charge in [-0.3, -0.25) is 4.79 Å². The van der Waals surface area contributed by atoms with Crippen molar-refractivity contribution < 1.29 is 4.79 Å². The normalized spacial score (nSPS) is 10.9. The lowest BCUT2D eigenvalue weighted by atomic mass is 10.1. The van der Waals surface area contributed by atoms with Crippen LogP contribution in [-0.4, -0.2) is 23.6 Å². The van der Waals surface area contributed by atoms with Gasteiger partial charge in [0.1, 0.15) is 0 Å². The molecule has 1 amide bonds. The van der Waals surface area contributed by atoms with E-state index in [0.717, 1.165) is 48.0 Å². The van der Waals surface area contributed by atoms with Gasteiger partial charge >= 0.3 is 0 Å². The van der Waals surface area contributed by atoms with E-state index in [0.29, 0.717) is 5.56 Å². The Balaban J connectivity index is 1.94. The van der Waals surface area contributed by atoms with Gasteiger partial charge in [0.2, 0.25) is 0 Å². The van der Waals surface area contributed by atoms with Gasteiger partial charge in [-0.25, -0.2) is 0 Å². The lowest BCUT2D eigenvalue weighted by Gasteiger charge is -2.21. The van der Waals surface area contributed by atoms with Crippen molar-refractivity contribution in [2.24, 2.45) is 5.73 Å². The van der Waals surface area contributed by atoms with Gasteiger partial charge in [0.05, 0.1) is 5.56 Å². The molecule has 152 valence electrons. The number of benzene rings is 2. The molecule has 0 unspecified atom stereocenters. The third-order valence-corrected chi connectivity index (χ3v) is 5.71. The van der Waals surface area contributed by atoms with Crippen molar-refractivity contribution >= 4 is 23.2 Å². The first-order valence-electron chi connectivity index (χ1n) is 10.0. The summed E-state index contributed by atoms with van der Waals surface area (Å²) < 4.78 is 2.18. The number of hydrogen-bond donors (Lipinski definition) is 1. The molecule has 2 aromatic carbocycles. The maximum Gasteiger partial charge on any atom is 0.250 e. The molecule has 0 atom stereocenters. The SMILES string of the molecule is CCN(CC)c1ccc(-c2cc(C(N)=O)c(C)n2CCc2ccc(Cl)cc2)cc1. The Morgan fingerprint density at radius 1 is 1.03 bits per heavy atom. The van der Waals surface area contributed by atoms with Crippen LogP contribution in [0.1, 0.15) is 35.5 Å². The van der Waals surface area contributed by atoms with Crippen LogP contribution in [0.15, 0.2) is 54.6 Å². The van der Waals surface area contributed by atoms with Crippen molar-refractivity contribution in [2.45, 2.75) is 33.7 Å². The zero-order valence-corrected chi connectivity index (χ0v) is 18.0. The molecule has 0 saturated heterocycles. The number of primary amides is 1. The minimum absolute atomic E-state index is 0.395. The fourth-order valence-corrected chi connectivity index (χ4v) is 3.87. The zero-order chi connectivity index (χ0) is 21.0. The van der Waals surface area contributed by atoms with Crippen LogP contribution in [-0.2, 0) is 13.0 Å². The maximum absolute atomic E-state index is 11.9. The first kappa shape index (κ1) is 21.0. The summed E-state index contributed by atoms with van der Waals surface area (Å²) in [5, 5.41) is 0.732. The number of nitrogens with zero attached hydrogens (tertiary/aromatic N) is 2. The van der Waals surface area contributed by atoms with Crippen LogP contribution < -0.4 is 10.6 Å². The molecule has 0 aliphatic heterocycles. The predicted molar refractivity (Wildman–Crippen MR) is 122 cm³/mol. The van der Waals surface area contributed by atoms with Crippen LogP contribution in [0.5, 0.6) is 0 Å². The highest BCUT2D eigenvalue weighted by Crippen LogP contribution is 2.28. The average Bonchev–Trinajstić information content (AvgIpc) is 3.05. The standard InChI is InChI=1S/C24H28ClN3O/c1-4-27(5-2)21-12-8-19(9-13-21)23-16-22(24(26)29)17(3)28(23)15-14-18-6-10-20(25)11-7-18/h6-13,16H,4-5,14-15H2,1-3H3,(H2,26,29). The molecular weight excluding hydrogens is 382 g/mol. The monoisotopic (exact) mass is 409 g/mol. The number of amides is 1. The molecule has 4 nitrogen and oxygen atoms in total. The number of carbonyl (C=O) groups is 1. The fourth-order valence-electron chi connectivity index (χ4n) is 3.75. The van der Waals surface area contributed by atoms with Crippen molar-refractivity contribution in [3.8, 4) is 11.3 Å². The first-order chi connectivity index (χ1) is 13.9. The van der Waals surface area contributed by atoms with Crippen LogP contribution in [0.4, 0.5) is 5.69 Å². The van der Waals surface area contributed by atoms with E-state index in [-0.39, 0.29) is 0 Å². The van der Waals surface area contributed by atoms with E-state index >= 15 is 0 Å². The summed E-state index contributed by atoms with van der Waals surface area (Å²) >= 11 is 5.99. The molecule has 29 heavy (non-hydrogen) atoms. The Morgan fingerprint density at radius 2 is 1.66 bits per heavy atom. The molecular formula is C24H28ClN3O. The van der Waals surface area contributed by atoms with Crippen molar-refractivity contribution in [3.05, 3.63) is 76.4 Å². The molecule has 0 radical (unpaired) electrons. The number of halogens is 1. The molecule has 0 saturated carbocycles. The van der Waals surface area contributed by atoms with Gasteiger partial charge in [0.15, 0.2) is 0 Å². The van der Waals surface area contributed by atoms with Crippen molar-refractivity contribution in [1.82, 2.24) is 4.57 Å². The van der Waals surface area contributed by atoms with Crippen LogP contribution in [0.25, 0.3) is 11.3 Å². The molecule has 0 aliphatic carbocycles. The Morgan fingerprint density at radius 3 is 2.21 bits per heavy atom. The second-order valence-electron chi connectivity index (χ2n) is 7.14. The fraction of sp³-hybridized carbons (Fsp3) is 0.292. The highest BCUT2D eigenvalue weighted by Gasteiger charge is 2.17. The molecule has 3 aromatic rings. The lowest BCUT2D eigenvalue weighted by Crippen LogP contribution is -2.21. The number of hydrogen-bond acceptors (Lipinski definition) is 2. The average molecular weight is 410 g/mol. The van der Waals surface area contributed by atoms with Gasteiger partial charge in [0.25, 0.3) is 5.91 Å². The van der Waals surface area contributed by atoms with E-state index < -0.39 is 5.91 Å². The summed E-state index contributed by atoms with van der Waals surface area (Å²) in [6, 6.07) is 18.3. The van der Waals surface area contributed by atoms with Crippen molar-refractivity contribution in [2.75, 3.05) is 18.0 Å². The number of nitrogens with two attached hydrogens (primary N) is 1. The van der Waals surface area contributed by atoms with Gasteiger partial charge < -0.3 is 15.2 Å². The van der Waals surface area contributed by atoms with Crippen LogP contribution >= 0.6 is 11.6 Å². The third kappa shape index (κ3) is 4.65. The van der Waals surface area contributed by atoms with E-state index in [1.165, 1.54) is 11.3 Å². The predicted octanol–water partition coefficient (Wildman–Crippen LogP) is 5.30. The Hall–Kier alpha value is -2.72. The van der Waals surface area contributed by atoms with E-state index in [2.05, 4.69) is 47.6 Å². The summed E-state index contributed by atoms with van der Waals surface area (Å²) in [6.07, 6.45) is 0.843. The Bertz CT molecular complexity index is 971. The van der Waals surface area contributed by atoms with Gasteiger partial charge in [0, 0.05) is 41.7 Å². The maximum atomic E-state index is 11.9. The molecule has 3 rings (SSSR count). The molecule has 0 spiro atoms. The van der Waals surface area contributed by atoms with E-state index in [9.17, 15) is 4.79 Å². The molecule has 1 heterocycles. The number of rotatable bonds is 8. The van der Waals surface area contributed by atoms with Gasteiger partial charge in [-0.05, 0) is 68.7 Å². The lowest BCUT2D eigenvalue weighted by molar-refractivity contribution is 0.0999. The van der Waals surface area contributed by atoms with E-state index in [4.69, 9.17) is 17.3 Å². The molecule has 0 bridgehead atoms. The summed E-state index contributed by atoms with van der Waals surface area (Å²) in [5.74, 6) is -0.395. The number of anilines is 1. The second kappa shape index (κ2) is 9.19. The molecule has 0 aliphatic rings. The summed E-state index contributed by atoms with van der Waals surface area (Å²) in [4.78, 5) is 14.2. The first-order valence-corrected chi connectivity index (χ1v) is 10.4. The third-order valence-electron chi connectivity index (χ3n) is 5.46. The topological polar surface area (TPSA) is 51.3 Å². The van der Waals surface area contributed by atoms with Gasteiger partial charge in [-0.2, -0.15) is 0 Å². The van der Waals surface area contributed by atoms with Crippen LogP contribution in [0.2, 0.25) is 5.02 Å². The van der Waals surface area contributed by atoms with Gasteiger partial charge in [-0.1, -0.05) is 35.9 Å². The highest BCUT2D eigenvalue weighted by molar-refractivity contribution is 6.30. The minimum atomic E-state index is -0.395. The summed E-state index contributed by atoms with van der Waals surface area (Å²) in [5.41, 5.74) is 11.6. The summed E-state index contributed by atoms with van der Waals surface area (Å²) in [7, 11) is 0. The van der Waals surface area contributed by atoms with Crippen molar-refractivity contribution in [3.63, 3.8) is 0 Å². The van der Waals surface area contributed by atoms with E-state index in [1.807, 2.05) is 37.3 Å². The van der Waals surface area contributed by atoms with E-state index in [1.54, 1.807) is 0 Å².